The van der Waals surface area contributed by atoms with Crippen LogP contribution in [0, 0.1) is 0 Å². The molecule has 0 aliphatic rings. The van der Waals surface area contributed by atoms with Crippen LogP contribution in [-0.2, 0) is 16.1 Å². The molecule has 0 aliphatic heterocycles. The molecule has 0 bridgehead atoms. The summed E-state index contributed by atoms with van der Waals surface area (Å²) in [5.74, 6) is 0. The molecule has 0 fully saturated rings. The molecule has 1 radical (unpaired) electrons. The Bertz CT molecular complexity index is 407. The Balaban J connectivity index is 2.50. The molecule has 0 saturated carbocycles. The fourth-order valence-electron chi connectivity index (χ4n) is 1.23. The van der Waals surface area contributed by atoms with Crippen molar-refractivity contribution in [2.75, 3.05) is 0 Å². The van der Waals surface area contributed by atoms with Gasteiger partial charge in [0.2, 0.25) is 6.29 Å². The van der Waals surface area contributed by atoms with Crippen molar-refractivity contribution in [2.24, 2.45) is 0 Å². The molecule has 91 valence electrons. The highest BCUT2D eigenvalue weighted by molar-refractivity contribution is 5.75. The summed E-state index contributed by atoms with van der Waals surface area (Å²) in [6.45, 7) is 5.72. The summed E-state index contributed by atoms with van der Waals surface area (Å²) in [7, 11) is 0. The molecule has 1 N–H and O–H groups in total. The number of hydrogen-bond donors (Lipinski definition) is 1. The molecular formula is C13H16NO3. The molecule has 17 heavy (non-hydrogen) atoms. The number of amides is 1. The van der Waals surface area contributed by atoms with E-state index in [1.807, 2.05) is 6.07 Å². The number of rotatable bonds is 3. The lowest BCUT2D eigenvalue weighted by molar-refractivity contribution is 0.0523. The highest BCUT2D eigenvalue weighted by atomic mass is 16.6. The van der Waals surface area contributed by atoms with Crippen molar-refractivity contribution in [1.82, 2.24) is 5.32 Å². The smallest absolute Gasteiger partial charge is 0.407 e. The topological polar surface area (TPSA) is 55.4 Å². The zero-order valence-electron chi connectivity index (χ0n) is 10.2. The van der Waals surface area contributed by atoms with E-state index in [4.69, 9.17) is 4.74 Å². The van der Waals surface area contributed by atoms with Gasteiger partial charge in [-0.05, 0) is 32.4 Å². The largest absolute Gasteiger partial charge is 0.444 e. The van der Waals surface area contributed by atoms with Crippen molar-refractivity contribution < 1.29 is 14.3 Å². The fourth-order valence-corrected chi connectivity index (χ4v) is 1.23. The maximum Gasteiger partial charge on any atom is 0.407 e. The highest BCUT2D eigenvalue weighted by Crippen LogP contribution is 2.07. The van der Waals surface area contributed by atoms with Crippen molar-refractivity contribution in [1.29, 1.82) is 0 Å². The molecule has 1 aromatic carbocycles. The zero-order chi connectivity index (χ0) is 12.9. The third kappa shape index (κ3) is 5.15. The van der Waals surface area contributed by atoms with Crippen molar-refractivity contribution in [3.8, 4) is 0 Å². The number of alkyl carbamates (subject to hydrolysis) is 1. The van der Waals surface area contributed by atoms with E-state index in [9.17, 15) is 9.59 Å². The summed E-state index contributed by atoms with van der Waals surface area (Å²) >= 11 is 0. The van der Waals surface area contributed by atoms with Gasteiger partial charge in [0.15, 0.2) is 0 Å². The summed E-state index contributed by atoms with van der Waals surface area (Å²) in [5.41, 5.74) is 0.785. The first-order valence-electron chi connectivity index (χ1n) is 5.34. The minimum absolute atomic E-state index is 0.324. The molecule has 0 atom stereocenters. The van der Waals surface area contributed by atoms with Crippen LogP contribution in [0.5, 0.6) is 0 Å². The van der Waals surface area contributed by atoms with Crippen LogP contribution in [0.1, 0.15) is 31.9 Å². The first-order valence-corrected chi connectivity index (χ1v) is 5.34. The van der Waals surface area contributed by atoms with Gasteiger partial charge in [-0.25, -0.2) is 4.79 Å². The molecule has 0 spiro atoms. The van der Waals surface area contributed by atoms with Gasteiger partial charge in [0, 0.05) is 12.1 Å². The number of hydrogen-bond acceptors (Lipinski definition) is 3. The van der Waals surface area contributed by atoms with E-state index >= 15 is 0 Å². The molecule has 0 saturated heterocycles. The van der Waals surface area contributed by atoms with E-state index in [1.165, 1.54) is 0 Å². The molecule has 0 heterocycles. The maximum absolute atomic E-state index is 11.4. The predicted molar refractivity (Wildman–Crippen MR) is 64.3 cm³/mol. The van der Waals surface area contributed by atoms with Crippen LogP contribution in [0.4, 0.5) is 4.79 Å². The van der Waals surface area contributed by atoms with Crippen LogP contribution in [0.3, 0.4) is 0 Å². The normalized spacial score (nSPS) is 10.8. The number of ether oxygens (including phenoxy) is 1. The minimum atomic E-state index is -0.511. The summed E-state index contributed by atoms with van der Waals surface area (Å²) in [6.07, 6.45) is 1.33. The van der Waals surface area contributed by atoms with Crippen LogP contribution >= 0.6 is 0 Å². The lowest BCUT2D eigenvalue weighted by Crippen LogP contribution is -2.32. The van der Waals surface area contributed by atoms with Gasteiger partial charge in [-0.15, -0.1) is 0 Å². The number of benzene rings is 1. The van der Waals surface area contributed by atoms with Crippen LogP contribution in [0.25, 0.3) is 0 Å². The van der Waals surface area contributed by atoms with E-state index in [2.05, 4.69) is 5.32 Å². The van der Waals surface area contributed by atoms with Crippen LogP contribution in [0.15, 0.2) is 24.3 Å². The molecule has 4 nitrogen and oxygen atoms in total. The van der Waals surface area contributed by atoms with E-state index in [0.29, 0.717) is 12.1 Å². The van der Waals surface area contributed by atoms with Crippen LogP contribution in [-0.4, -0.2) is 18.0 Å². The van der Waals surface area contributed by atoms with E-state index in [1.54, 1.807) is 45.3 Å². The quantitative estimate of drug-likeness (QED) is 0.872. The Morgan fingerprint density at radius 1 is 1.41 bits per heavy atom. The molecule has 1 amide bonds. The second-order valence-corrected chi connectivity index (χ2v) is 4.66. The van der Waals surface area contributed by atoms with Gasteiger partial charge < -0.3 is 10.1 Å². The molecule has 4 heteroatoms. The number of carbonyl (C=O) groups is 1. The summed E-state index contributed by atoms with van der Waals surface area (Å²) < 4.78 is 5.09. The average Bonchev–Trinajstić information content (AvgIpc) is 2.24. The average molecular weight is 234 g/mol. The maximum atomic E-state index is 11.4. The fraction of sp³-hybridized carbons (Fsp3) is 0.385. The van der Waals surface area contributed by atoms with Gasteiger partial charge >= 0.3 is 6.09 Å². The Kier molecular flexibility index (Phi) is 4.26. The number of carbonyl (C=O) groups excluding carboxylic acids is 2. The molecule has 0 aromatic heterocycles. The second-order valence-electron chi connectivity index (χ2n) is 4.66. The van der Waals surface area contributed by atoms with E-state index in [0.717, 1.165) is 5.56 Å². The van der Waals surface area contributed by atoms with E-state index < -0.39 is 11.7 Å². The summed E-state index contributed by atoms with van der Waals surface area (Å²) in [6, 6.07) is 6.89. The van der Waals surface area contributed by atoms with Gasteiger partial charge in [-0.2, -0.15) is 0 Å². The summed E-state index contributed by atoms with van der Waals surface area (Å²) in [5, 5.41) is 2.62. The van der Waals surface area contributed by atoms with Gasteiger partial charge in [-0.3, -0.25) is 4.79 Å². The van der Waals surface area contributed by atoms with Crippen molar-refractivity contribution in [2.45, 2.75) is 32.9 Å². The van der Waals surface area contributed by atoms with Crippen molar-refractivity contribution in [3.05, 3.63) is 35.4 Å². The Morgan fingerprint density at radius 3 is 2.71 bits per heavy atom. The first kappa shape index (κ1) is 13.2. The monoisotopic (exact) mass is 234 g/mol. The molecular weight excluding hydrogens is 218 g/mol. The molecule has 1 aromatic rings. The van der Waals surface area contributed by atoms with Gasteiger partial charge in [0.25, 0.3) is 0 Å². The van der Waals surface area contributed by atoms with Gasteiger partial charge in [0.1, 0.15) is 5.60 Å². The third-order valence-corrected chi connectivity index (χ3v) is 1.88. The van der Waals surface area contributed by atoms with E-state index in [-0.39, 0.29) is 0 Å². The minimum Gasteiger partial charge on any atom is -0.444 e. The zero-order valence-corrected chi connectivity index (χ0v) is 10.2. The van der Waals surface area contributed by atoms with Crippen LogP contribution < -0.4 is 5.32 Å². The molecule has 0 unspecified atom stereocenters. The van der Waals surface area contributed by atoms with Gasteiger partial charge in [-0.1, -0.05) is 18.2 Å². The highest BCUT2D eigenvalue weighted by Gasteiger charge is 2.15. The Labute approximate surface area is 101 Å². The Hall–Kier alpha value is -1.84. The van der Waals surface area contributed by atoms with Gasteiger partial charge in [0.05, 0.1) is 0 Å². The summed E-state index contributed by atoms with van der Waals surface area (Å²) in [4.78, 5) is 21.8. The van der Waals surface area contributed by atoms with Crippen molar-refractivity contribution in [3.63, 3.8) is 0 Å². The SMILES string of the molecule is CC(C)(C)OC(=O)NCc1cccc([C]=O)c1. The number of nitrogens with one attached hydrogen (secondary N) is 1. The predicted octanol–water partition coefficient (Wildman–Crippen LogP) is 2.17. The lowest BCUT2D eigenvalue weighted by Gasteiger charge is -2.19. The Morgan fingerprint density at radius 2 is 2.12 bits per heavy atom. The van der Waals surface area contributed by atoms with Crippen LogP contribution in [0.2, 0.25) is 0 Å². The lowest BCUT2D eigenvalue weighted by atomic mass is 10.1. The third-order valence-electron chi connectivity index (χ3n) is 1.88. The standard InChI is InChI=1S/C13H16NO3/c1-13(2,3)17-12(16)14-8-10-5-4-6-11(7-10)9-15/h4-7H,8H2,1-3H3,(H,14,16). The first-order chi connectivity index (χ1) is 7.90. The van der Waals surface area contributed by atoms with Crippen molar-refractivity contribution >= 4 is 12.4 Å². The molecule has 0 aliphatic carbocycles. The molecule has 1 rings (SSSR count). The second kappa shape index (κ2) is 5.48.